The Morgan fingerprint density at radius 1 is 0.877 bits per heavy atom. The van der Waals surface area contributed by atoms with Crippen LogP contribution in [0, 0.1) is 17.7 Å². The van der Waals surface area contributed by atoms with Crippen LogP contribution in [0.5, 0.6) is 5.75 Å². The normalized spacial score (nSPS) is 26.5. The fourth-order valence-corrected chi connectivity index (χ4v) is 9.89. The van der Waals surface area contributed by atoms with Crippen LogP contribution in [0.1, 0.15) is 46.8 Å². The molecule has 0 radical (unpaired) electrons. The van der Waals surface area contributed by atoms with Gasteiger partial charge in [-0.05, 0) is 78.2 Å². The molecule has 4 aromatic rings. The van der Waals surface area contributed by atoms with Crippen LogP contribution in [0.25, 0.3) is 0 Å². The van der Waals surface area contributed by atoms with E-state index in [-0.39, 0.29) is 23.8 Å². The molecule has 10 nitrogen and oxygen atoms in total. The second-order valence-electron chi connectivity index (χ2n) is 15.0. The topological polar surface area (TPSA) is 106 Å². The lowest BCUT2D eigenvalue weighted by atomic mass is 9.53. The van der Waals surface area contributed by atoms with E-state index in [4.69, 9.17) is 25.8 Å². The summed E-state index contributed by atoms with van der Waals surface area (Å²) in [5, 5.41) is 0.316. The van der Waals surface area contributed by atoms with E-state index in [1.165, 1.54) is 26.4 Å². The molecule has 6 atom stereocenters. The third-order valence-electron chi connectivity index (χ3n) is 12.2. The Morgan fingerprint density at radius 2 is 1.61 bits per heavy atom. The van der Waals surface area contributed by atoms with Gasteiger partial charge in [0, 0.05) is 40.5 Å². The number of ether oxygens (including phenoxy) is 3. The number of fused-ring (bicyclic) bond motifs is 3. The highest BCUT2D eigenvalue weighted by Gasteiger charge is 2.73. The van der Waals surface area contributed by atoms with Gasteiger partial charge in [0.15, 0.2) is 5.78 Å². The maximum absolute atomic E-state index is 15.5. The molecule has 57 heavy (non-hydrogen) atoms. The zero-order valence-corrected chi connectivity index (χ0v) is 32.2. The van der Waals surface area contributed by atoms with Crippen molar-refractivity contribution in [3.8, 4) is 5.75 Å². The predicted molar refractivity (Wildman–Crippen MR) is 210 cm³/mol. The molecular formula is C45H39ClFN3O7. The Bertz CT molecular complexity index is 2400. The van der Waals surface area contributed by atoms with Crippen molar-refractivity contribution in [2.75, 3.05) is 30.6 Å². The number of anilines is 2. The number of carbonyl (C=O) groups is 4. The lowest BCUT2D eigenvalue weighted by Crippen LogP contribution is -2.73. The van der Waals surface area contributed by atoms with Gasteiger partial charge in [-0.1, -0.05) is 67.4 Å². The van der Waals surface area contributed by atoms with E-state index >= 15 is 18.8 Å². The molecule has 10 rings (SSSR count). The quantitative estimate of drug-likeness (QED) is 0.101. The Kier molecular flexibility index (Phi) is 8.86. The molecule has 0 unspecified atom stereocenters. The van der Waals surface area contributed by atoms with Crippen molar-refractivity contribution >= 4 is 46.5 Å². The van der Waals surface area contributed by atoms with E-state index in [0.717, 1.165) is 12.0 Å². The number of hydrogen-bond acceptors (Lipinski definition) is 8. The number of hydrogen-bond donors (Lipinski definition) is 0. The average molecular weight is 788 g/mol. The van der Waals surface area contributed by atoms with Crippen LogP contribution in [-0.4, -0.2) is 61.5 Å². The smallest absolute Gasteiger partial charge is 0.339 e. The monoisotopic (exact) mass is 787 g/mol. The number of halogens is 2. The maximum Gasteiger partial charge on any atom is 0.339 e. The van der Waals surface area contributed by atoms with E-state index in [1.54, 1.807) is 69.4 Å². The van der Waals surface area contributed by atoms with Crippen molar-refractivity contribution in [3.63, 3.8) is 0 Å². The standard InChI is InChI=1S/C45H39ClFN3O7/c1-4-5-21-48-35-19-14-29(47)23-32(35)44(42(48)53)37-20-17-31(38(44)39(51)27-11-15-30(55-2)16-12-27)40-50(37)25-34(41(52)56-3)45(57-40)33-22-28(46)13-18-36(33)49(43(45)54)24-26-9-7-6-8-10-26/h6-20,22-23,25,31,37-38,40H,4-5,21,24H2,1-3H3/t31-,37+,38-,40+,44+,45-/m1/s1. The maximum atomic E-state index is 15.5. The van der Waals surface area contributed by atoms with Crippen LogP contribution in [0.15, 0.2) is 115 Å². The predicted octanol–water partition coefficient (Wildman–Crippen LogP) is 7.10. The molecule has 1 aliphatic carbocycles. The molecule has 4 aromatic carbocycles. The molecule has 5 heterocycles. The van der Waals surface area contributed by atoms with E-state index in [0.29, 0.717) is 51.8 Å². The Morgan fingerprint density at radius 3 is 2.33 bits per heavy atom. The number of Topliss-reactive ketones (excluding diaryl/α,β-unsaturated/α-hetero) is 1. The van der Waals surface area contributed by atoms with Crippen molar-refractivity contribution in [3.05, 3.63) is 148 Å². The molecule has 0 saturated carbocycles. The van der Waals surface area contributed by atoms with Crippen LogP contribution in [0.2, 0.25) is 5.02 Å². The first-order chi connectivity index (χ1) is 27.6. The van der Waals surface area contributed by atoms with Crippen LogP contribution < -0.4 is 14.5 Å². The zero-order valence-electron chi connectivity index (χ0n) is 31.5. The largest absolute Gasteiger partial charge is 0.497 e. The number of rotatable bonds is 9. The number of ketones is 1. The van der Waals surface area contributed by atoms with Crippen molar-refractivity contribution in [2.45, 2.75) is 49.6 Å². The van der Waals surface area contributed by atoms with Crippen molar-refractivity contribution < 1.29 is 37.8 Å². The first kappa shape index (κ1) is 36.8. The van der Waals surface area contributed by atoms with E-state index in [1.807, 2.05) is 49.4 Å². The van der Waals surface area contributed by atoms with Gasteiger partial charge in [0.25, 0.3) is 5.91 Å². The van der Waals surface area contributed by atoms with Gasteiger partial charge >= 0.3 is 5.97 Å². The van der Waals surface area contributed by atoms with Gasteiger partial charge in [0.05, 0.1) is 44.0 Å². The van der Waals surface area contributed by atoms with Gasteiger partial charge in [-0.25, -0.2) is 9.18 Å². The summed E-state index contributed by atoms with van der Waals surface area (Å²) in [5.41, 5.74) is -0.886. The number of carbonyl (C=O) groups excluding carboxylic acids is 4. The lowest BCUT2D eigenvalue weighted by molar-refractivity contribution is -0.209. The molecule has 5 aliphatic heterocycles. The number of benzene rings is 4. The molecule has 2 bridgehead atoms. The van der Waals surface area contributed by atoms with Crippen LogP contribution >= 0.6 is 11.6 Å². The molecule has 0 aromatic heterocycles. The SMILES string of the molecule is CCCCN1C(=O)[C@@]2(c3cc(F)ccc31)[C@@H]1C=C[C@@H]([C@@H]3O[C@@]4(C(=O)N(Cc5ccccc5)c5ccc(Cl)cc54)C(C(=O)OC)=CN13)[C@@H]2C(=O)c1ccc(OC)cc1. The second-order valence-corrected chi connectivity index (χ2v) is 15.5. The van der Waals surface area contributed by atoms with E-state index in [9.17, 15) is 4.79 Å². The fourth-order valence-electron chi connectivity index (χ4n) is 9.72. The summed E-state index contributed by atoms with van der Waals surface area (Å²) in [6.07, 6.45) is 5.66. The summed E-state index contributed by atoms with van der Waals surface area (Å²) >= 11 is 6.64. The number of unbranched alkanes of at least 4 members (excludes halogenated alkanes) is 1. The molecule has 12 heteroatoms. The summed E-state index contributed by atoms with van der Waals surface area (Å²) in [4.78, 5) is 65.0. The third-order valence-corrected chi connectivity index (χ3v) is 12.4. The molecule has 2 amide bonds. The summed E-state index contributed by atoms with van der Waals surface area (Å²) in [6, 6.07) is 24.4. The minimum atomic E-state index is -2.04. The summed E-state index contributed by atoms with van der Waals surface area (Å²) in [6.45, 7) is 2.54. The number of nitrogens with zero attached hydrogens (tertiary/aromatic N) is 3. The fraction of sp³-hybridized carbons (Fsp3) is 0.289. The lowest BCUT2D eigenvalue weighted by Gasteiger charge is -2.61. The molecule has 6 aliphatic rings. The van der Waals surface area contributed by atoms with E-state index in [2.05, 4.69) is 0 Å². The van der Waals surface area contributed by atoms with Gasteiger partial charge in [0.2, 0.25) is 11.5 Å². The van der Waals surface area contributed by atoms with Gasteiger partial charge in [-0.2, -0.15) is 0 Å². The molecular weight excluding hydrogens is 749 g/mol. The Balaban J connectivity index is 1.27. The first-order valence-corrected chi connectivity index (χ1v) is 19.4. The summed E-state index contributed by atoms with van der Waals surface area (Å²) in [7, 11) is 2.75. The molecule has 290 valence electrons. The van der Waals surface area contributed by atoms with Crippen molar-refractivity contribution in [1.29, 1.82) is 0 Å². The van der Waals surface area contributed by atoms with Crippen LogP contribution in [-0.2, 0) is 41.4 Å². The molecule has 1 saturated heterocycles. The number of piperidine rings is 1. The van der Waals surface area contributed by atoms with E-state index < -0.39 is 52.8 Å². The molecule has 0 N–H and O–H groups in total. The highest BCUT2D eigenvalue weighted by atomic mass is 35.5. The molecule has 1 fully saturated rings. The van der Waals surface area contributed by atoms with Crippen molar-refractivity contribution in [2.24, 2.45) is 11.8 Å². The van der Waals surface area contributed by atoms with Gasteiger partial charge in [-0.3, -0.25) is 14.4 Å². The Hall–Kier alpha value is -5.78. The minimum Gasteiger partial charge on any atom is -0.497 e. The number of esters is 1. The zero-order chi connectivity index (χ0) is 39.8. The first-order valence-electron chi connectivity index (χ1n) is 19.0. The van der Waals surface area contributed by atoms with Crippen LogP contribution in [0.3, 0.4) is 0 Å². The summed E-state index contributed by atoms with van der Waals surface area (Å²) in [5.74, 6) is -4.07. The highest BCUT2D eigenvalue weighted by molar-refractivity contribution is 6.31. The summed E-state index contributed by atoms with van der Waals surface area (Å²) < 4.78 is 33.4. The minimum absolute atomic E-state index is 0.118. The molecule has 2 spiro atoms. The number of amides is 2. The van der Waals surface area contributed by atoms with Gasteiger partial charge in [0.1, 0.15) is 23.2 Å². The van der Waals surface area contributed by atoms with Gasteiger partial charge < -0.3 is 28.9 Å². The third kappa shape index (κ3) is 5.17. The second kappa shape index (κ2) is 13.7. The highest BCUT2D eigenvalue weighted by Crippen LogP contribution is 2.63. The average Bonchev–Trinajstić information content (AvgIpc) is 3.59. The van der Waals surface area contributed by atoms with Crippen molar-refractivity contribution in [1.82, 2.24) is 4.90 Å². The van der Waals surface area contributed by atoms with Crippen LogP contribution in [0.4, 0.5) is 15.8 Å². The van der Waals surface area contributed by atoms with Gasteiger partial charge in [-0.15, -0.1) is 0 Å². The Labute approximate surface area is 334 Å². The number of methoxy groups -OCH3 is 2.